The van der Waals surface area contributed by atoms with E-state index in [0.717, 1.165) is 0 Å². The van der Waals surface area contributed by atoms with Crippen LogP contribution in [0.4, 0.5) is 27.4 Å². The van der Waals surface area contributed by atoms with Crippen molar-refractivity contribution in [1.29, 1.82) is 0 Å². The average molecular weight is 407 g/mol. The minimum absolute atomic E-state index is 0.121. The monoisotopic (exact) mass is 406 g/mol. The smallest absolute Gasteiger partial charge is 0.272 e. The van der Waals surface area contributed by atoms with E-state index in [9.17, 15) is 9.18 Å². The third kappa shape index (κ3) is 4.55. The Balaban J connectivity index is 1.75. The molecule has 0 aliphatic heterocycles. The van der Waals surface area contributed by atoms with E-state index in [-0.39, 0.29) is 22.9 Å². The zero-order valence-electron chi connectivity index (χ0n) is 13.6. The Morgan fingerprint density at radius 2 is 1.70 bits per heavy atom. The van der Waals surface area contributed by atoms with Crippen LogP contribution in [0.25, 0.3) is 0 Å². The van der Waals surface area contributed by atoms with Gasteiger partial charge < -0.3 is 11.1 Å². The highest BCUT2D eigenvalue weighted by molar-refractivity contribution is 6.35. The molecule has 10 heteroatoms. The Hall–Kier alpha value is -3.10. The summed E-state index contributed by atoms with van der Waals surface area (Å²) in [7, 11) is 0. The lowest BCUT2D eigenvalue weighted by Gasteiger charge is -2.13. The summed E-state index contributed by atoms with van der Waals surface area (Å²) in [5.74, 6) is -0.925. The molecule has 3 rings (SSSR count). The van der Waals surface area contributed by atoms with Gasteiger partial charge in [-0.05, 0) is 30.3 Å². The number of amides is 1. The molecule has 0 radical (unpaired) electrons. The fraction of sp³-hybridized carbons (Fsp3) is 0. The van der Waals surface area contributed by atoms with Gasteiger partial charge in [0, 0.05) is 15.7 Å². The van der Waals surface area contributed by atoms with Crippen molar-refractivity contribution >= 4 is 52.1 Å². The van der Waals surface area contributed by atoms with Gasteiger partial charge in [-0.15, -0.1) is 0 Å². The highest BCUT2D eigenvalue weighted by atomic mass is 35.5. The number of carbonyl (C=O) groups is 1. The van der Waals surface area contributed by atoms with E-state index in [2.05, 4.69) is 26.1 Å². The predicted octanol–water partition coefficient (Wildman–Crippen LogP) is 4.01. The number of rotatable bonds is 5. The van der Waals surface area contributed by atoms with E-state index in [0.29, 0.717) is 15.7 Å². The molecular weight excluding hydrogens is 394 g/mol. The summed E-state index contributed by atoms with van der Waals surface area (Å²) in [6.45, 7) is 0. The molecule has 3 aromatic rings. The predicted molar refractivity (Wildman–Crippen MR) is 104 cm³/mol. The third-order valence-corrected chi connectivity index (χ3v) is 3.86. The van der Waals surface area contributed by atoms with Gasteiger partial charge in [0.05, 0.1) is 5.56 Å². The van der Waals surface area contributed by atoms with Crippen molar-refractivity contribution in [2.75, 3.05) is 16.5 Å². The Bertz CT molecular complexity index is 981. The second-order valence-corrected chi connectivity index (χ2v) is 6.20. The van der Waals surface area contributed by atoms with E-state index in [1.165, 1.54) is 24.5 Å². The summed E-state index contributed by atoms with van der Waals surface area (Å²) in [4.78, 5) is 20.1. The zero-order chi connectivity index (χ0) is 19.4. The van der Waals surface area contributed by atoms with Crippen molar-refractivity contribution in [3.8, 4) is 0 Å². The summed E-state index contributed by atoms with van der Waals surface area (Å²) < 4.78 is 13.6. The number of nitrogens with two attached hydrogens (primary N) is 1. The number of hydrogen-bond acceptors (Lipinski definition) is 6. The Labute approximate surface area is 163 Å². The Kier molecular flexibility index (Phi) is 5.58. The first-order chi connectivity index (χ1) is 12.9. The van der Waals surface area contributed by atoms with Crippen molar-refractivity contribution in [3.05, 3.63) is 70.2 Å². The van der Waals surface area contributed by atoms with Gasteiger partial charge >= 0.3 is 0 Å². The van der Waals surface area contributed by atoms with Gasteiger partial charge in [0.15, 0.2) is 11.6 Å². The fourth-order valence-corrected chi connectivity index (χ4v) is 2.71. The third-order valence-electron chi connectivity index (χ3n) is 3.42. The normalized spacial score (nSPS) is 10.3. The molecule has 7 nitrogen and oxygen atoms in total. The lowest BCUT2D eigenvalue weighted by Crippen LogP contribution is -2.31. The molecule has 0 spiro atoms. The zero-order valence-corrected chi connectivity index (χ0v) is 15.1. The van der Waals surface area contributed by atoms with Crippen LogP contribution in [0.2, 0.25) is 10.0 Å². The standard InChI is InChI=1S/C17H13Cl2FN6O/c18-9-5-10(19)7-11(6-9)24-15-14(21)16(23-8-22-15)25-26-17(27)12-3-1-2-4-13(12)20/h1-8H,21H2,(H,26,27)(H2,22,23,24,25). The van der Waals surface area contributed by atoms with Gasteiger partial charge in [-0.2, -0.15) is 0 Å². The van der Waals surface area contributed by atoms with E-state index in [1.54, 1.807) is 24.3 Å². The fourth-order valence-electron chi connectivity index (χ4n) is 2.19. The van der Waals surface area contributed by atoms with E-state index in [4.69, 9.17) is 28.9 Å². The van der Waals surface area contributed by atoms with Gasteiger partial charge in [-0.3, -0.25) is 15.6 Å². The number of hydrazine groups is 1. The van der Waals surface area contributed by atoms with Crippen LogP contribution in [0.15, 0.2) is 48.8 Å². The first-order valence-electron chi connectivity index (χ1n) is 7.58. The molecule has 138 valence electrons. The summed E-state index contributed by atoms with van der Waals surface area (Å²) in [6.07, 6.45) is 1.24. The van der Waals surface area contributed by atoms with Gasteiger partial charge in [0.1, 0.15) is 17.8 Å². The molecule has 0 saturated carbocycles. The van der Waals surface area contributed by atoms with E-state index < -0.39 is 11.7 Å². The molecule has 0 atom stereocenters. The number of nitrogens with zero attached hydrogens (tertiary/aromatic N) is 2. The second-order valence-electron chi connectivity index (χ2n) is 5.33. The summed E-state index contributed by atoms with van der Waals surface area (Å²) in [6, 6.07) is 10.4. The highest BCUT2D eigenvalue weighted by Gasteiger charge is 2.13. The lowest BCUT2D eigenvalue weighted by atomic mass is 10.2. The molecule has 0 fully saturated rings. The molecule has 5 N–H and O–H groups in total. The molecule has 1 aromatic heterocycles. The number of halogens is 3. The molecule has 1 heterocycles. The first-order valence-corrected chi connectivity index (χ1v) is 8.34. The van der Waals surface area contributed by atoms with E-state index in [1.807, 2.05) is 0 Å². The summed E-state index contributed by atoms with van der Waals surface area (Å²) in [5.41, 5.74) is 11.5. The number of hydrogen-bond donors (Lipinski definition) is 4. The number of aromatic nitrogens is 2. The summed E-state index contributed by atoms with van der Waals surface area (Å²) >= 11 is 11.9. The van der Waals surface area contributed by atoms with Crippen LogP contribution >= 0.6 is 23.2 Å². The number of benzene rings is 2. The van der Waals surface area contributed by atoms with Crippen LogP contribution in [-0.4, -0.2) is 15.9 Å². The van der Waals surface area contributed by atoms with Crippen LogP contribution < -0.4 is 21.9 Å². The first kappa shape index (κ1) is 18.7. The maximum Gasteiger partial charge on any atom is 0.272 e. The molecule has 0 bridgehead atoms. The molecule has 0 aliphatic rings. The molecule has 1 amide bonds. The van der Waals surface area contributed by atoms with Crippen molar-refractivity contribution in [2.24, 2.45) is 0 Å². The van der Waals surface area contributed by atoms with Gasteiger partial charge in [0.2, 0.25) is 0 Å². The molecule has 0 aliphatic carbocycles. The van der Waals surface area contributed by atoms with Crippen LogP contribution in [0.5, 0.6) is 0 Å². The maximum absolute atomic E-state index is 13.6. The number of nitrogen functional groups attached to an aromatic ring is 1. The number of nitrogens with one attached hydrogen (secondary N) is 3. The molecule has 0 saturated heterocycles. The van der Waals surface area contributed by atoms with Crippen LogP contribution in [0.3, 0.4) is 0 Å². The quantitative estimate of drug-likeness (QED) is 0.477. The van der Waals surface area contributed by atoms with Crippen molar-refractivity contribution < 1.29 is 9.18 Å². The lowest BCUT2D eigenvalue weighted by molar-refractivity contribution is 0.0958. The minimum Gasteiger partial charge on any atom is -0.393 e. The largest absolute Gasteiger partial charge is 0.393 e. The van der Waals surface area contributed by atoms with Crippen molar-refractivity contribution in [3.63, 3.8) is 0 Å². The Morgan fingerprint density at radius 3 is 2.41 bits per heavy atom. The topological polar surface area (TPSA) is 105 Å². The highest BCUT2D eigenvalue weighted by Crippen LogP contribution is 2.28. The second kappa shape index (κ2) is 8.07. The molecule has 0 unspecified atom stereocenters. The van der Waals surface area contributed by atoms with Crippen LogP contribution in [0, 0.1) is 5.82 Å². The Morgan fingerprint density at radius 1 is 1.04 bits per heavy atom. The maximum atomic E-state index is 13.6. The summed E-state index contributed by atoms with van der Waals surface area (Å²) in [5, 5.41) is 3.84. The molecular formula is C17H13Cl2FN6O. The minimum atomic E-state index is -0.678. The van der Waals surface area contributed by atoms with Gasteiger partial charge in [0.25, 0.3) is 5.91 Å². The molecule has 2 aromatic carbocycles. The average Bonchev–Trinajstić information content (AvgIpc) is 2.62. The van der Waals surface area contributed by atoms with Crippen LogP contribution in [0.1, 0.15) is 10.4 Å². The van der Waals surface area contributed by atoms with Crippen LogP contribution in [-0.2, 0) is 0 Å². The van der Waals surface area contributed by atoms with Gasteiger partial charge in [-0.25, -0.2) is 14.4 Å². The number of carbonyl (C=O) groups excluding carboxylic acids is 1. The van der Waals surface area contributed by atoms with Gasteiger partial charge in [-0.1, -0.05) is 35.3 Å². The van der Waals surface area contributed by atoms with Crippen molar-refractivity contribution in [1.82, 2.24) is 15.4 Å². The SMILES string of the molecule is Nc1c(NNC(=O)c2ccccc2F)ncnc1Nc1cc(Cl)cc(Cl)c1. The van der Waals surface area contributed by atoms with Crippen molar-refractivity contribution in [2.45, 2.75) is 0 Å². The van der Waals surface area contributed by atoms with E-state index >= 15 is 0 Å². The number of anilines is 4. The molecule has 27 heavy (non-hydrogen) atoms.